The molecule has 1 aliphatic heterocycles. The molecule has 2 rings (SSSR count). The normalized spacial score (nSPS) is 20.5. The number of halogens is 3. The molecule has 1 aliphatic rings. The fraction of sp³-hybridized carbons (Fsp3) is 0.562. The van der Waals surface area contributed by atoms with Gasteiger partial charge in [0.1, 0.15) is 0 Å². The van der Waals surface area contributed by atoms with Crippen molar-refractivity contribution in [2.45, 2.75) is 32.1 Å². The summed E-state index contributed by atoms with van der Waals surface area (Å²) in [5, 5.41) is 2.96. The molecule has 1 fully saturated rings. The first kappa shape index (κ1) is 17.7. The first-order valence-corrected chi connectivity index (χ1v) is 7.68. The molecule has 0 aliphatic carbocycles. The van der Waals surface area contributed by atoms with Gasteiger partial charge in [-0.1, -0.05) is 19.1 Å². The minimum Gasteiger partial charge on any atom is -0.352 e. The van der Waals surface area contributed by atoms with E-state index in [1.54, 1.807) is 6.92 Å². The van der Waals surface area contributed by atoms with Gasteiger partial charge >= 0.3 is 6.18 Å². The van der Waals surface area contributed by atoms with E-state index in [-0.39, 0.29) is 17.9 Å². The Morgan fingerprint density at radius 3 is 2.61 bits per heavy atom. The Kier molecular flexibility index (Phi) is 5.64. The highest BCUT2D eigenvalue weighted by Gasteiger charge is 2.30. The summed E-state index contributed by atoms with van der Waals surface area (Å²) in [6.45, 7) is 4.18. The van der Waals surface area contributed by atoms with Crippen LogP contribution in [0.25, 0.3) is 0 Å². The van der Waals surface area contributed by atoms with Crippen LogP contribution in [-0.2, 0) is 17.5 Å². The highest BCUT2D eigenvalue weighted by atomic mass is 19.4. The van der Waals surface area contributed by atoms with Gasteiger partial charge in [-0.3, -0.25) is 9.69 Å². The quantitative estimate of drug-likeness (QED) is 0.869. The summed E-state index contributed by atoms with van der Waals surface area (Å²) in [6, 6.07) is 5.29. The summed E-state index contributed by atoms with van der Waals surface area (Å²) in [4.78, 5) is 13.9. The van der Waals surface area contributed by atoms with Gasteiger partial charge in [-0.15, -0.1) is 0 Å². The molecule has 1 aromatic carbocycles. The molecular formula is C16H22F3N3O. The Balaban J connectivity index is 1.85. The summed E-state index contributed by atoms with van der Waals surface area (Å²) in [7, 11) is 0. The molecule has 2 atom stereocenters. The van der Waals surface area contributed by atoms with Crippen LogP contribution in [0.2, 0.25) is 0 Å². The van der Waals surface area contributed by atoms with Crippen molar-refractivity contribution in [1.29, 1.82) is 0 Å². The Morgan fingerprint density at radius 2 is 2.04 bits per heavy atom. The van der Waals surface area contributed by atoms with Gasteiger partial charge in [0.2, 0.25) is 5.91 Å². The number of carbonyl (C=O) groups excluding carboxylic acids is 1. The largest absolute Gasteiger partial charge is 0.416 e. The smallest absolute Gasteiger partial charge is 0.352 e. The van der Waals surface area contributed by atoms with Crippen molar-refractivity contribution in [2.24, 2.45) is 11.7 Å². The molecule has 0 bridgehead atoms. The van der Waals surface area contributed by atoms with Crippen LogP contribution < -0.4 is 11.1 Å². The molecule has 1 aromatic rings. The van der Waals surface area contributed by atoms with Gasteiger partial charge in [-0.2, -0.15) is 13.2 Å². The lowest BCUT2D eigenvalue weighted by Crippen LogP contribution is -2.41. The standard InChI is InChI=1S/C16H22F3N3O/c1-11(8-20)15(23)21-14-6-7-22(10-14)9-12-2-4-13(5-3-12)16(17,18)19/h2-5,11,14H,6-10,20H2,1H3,(H,21,23). The molecular weight excluding hydrogens is 307 g/mol. The highest BCUT2D eigenvalue weighted by molar-refractivity contribution is 5.78. The van der Waals surface area contributed by atoms with Crippen LogP contribution in [0.4, 0.5) is 13.2 Å². The second kappa shape index (κ2) is 7.31. The van der Waals surface area contributed by atoms with Gasteiger partial charge in [-0.05, 0) is 24.1 Å². The fourth-order valence-corrected chi connectivity index (χ4v) is 2.60. The Hall–Kier alpha value is -1.60. The monoisotopic (exact) mass is 329 g/mol. The minimum atomic E-state index is -4.30. The number of carbonyl (C=O) groups is 1. The lowest BCUT2D eigenvalue weighted by Gasteiger charge is -2.18. The molecule has 0 radical (unpaired) electrons. The first-order chi connectivity index (χ1) is 10.8. The SMILES string of the molecule is CC(CN)C(=O)NC1CCN(Cc2ccc(C(F)(F)F)cc2)C1. The Morgan fingerprint density at radius 1 is 1.39 bits per heavy atom. The molecule has 0 aromatic heterocycles. The molecule has 1 saturated heterocycles. The van der Waals surface area contributed by atoms with E-state index >= 15 is 0 Å². The van der Waals surface area contributed by atoms with Gasteiger partial charge < -0.3 is 11.1 Å². The van der Waals surface area contributed by atoms with E-state index in [0.29, 0.717) is 19.6 Å². The van der Waals surface area contributed by atoms with Crippen molar-refractivity contribution in [3.63, 3.8) is 0 Å². The summed E-state index contributed by atoms with van der Waals surface area (Å²) < 4.78 is 37.6. The van der Waals surface area contributed by atoms with Gasteiger partial charge in [0.25, 0.3) is 0 Å². The third-order valence-electron chi connectivity index (χ3n) is 4.11. The van der Waals surface area contributed by atoms with Crippen LogP contribution in [0.1, 0.15) is 24.5 Å². The van der Waals surface area contributed by atoms with Gasteiger partial charge in [0, 0.05) is 38.1 Å². The zero-order valence-corrected chi connectivity index (χ0v) is 13.1. The van der Waals surface area contributed by atoms with Crippen LogP contribution in [0.3, 0.4) is 0 Å². The van der Waals surface area contributed by atoms with Gasteiger partial charge in [-0.25, -0.2) is 0 Å². The minimum absolute atomic E-state index is 0.0473. The van der Waals surface area contributed by atoms with Crippen molar-refractivity contribution >= 4 is 5.91 Å². The number of hydrogen-bond acceptors (Lipinski definition) is 3. The molecule has 128 valence electrons. The van der Waals surface area contributed by atoms with Gasteiger partial charge in [0.15, 0.2) is 0 Å². The molecule has 0 spiro atoms. The summed E-state index contributed by atoms with van der Waals surface area (Å²) in [5.74, 6) is -0.257. The maximum atomic E-state index is 12.5. The molecule has 7 heteroatoms. The van der Waals surface area contributed by atoms with E-state index in [0.717, 1.165) is 30.7 Å². The number of rotatable bonds is 5. The van der Waals surface area contributed by atoms with E-state index in [1.807, 2.05) is 0 Å². The average molecular weight is 329 g/mol. The van der Waals surface area contributed by atoms with Crippen LogP contribution in [-0.4, -0.2) is 36.5 Å². The number of nitrogens with two attached hydrogens (primary N) is 1. The van der Waals surface area contributed by atoms with Crippen molar-refractivity contribution in [3.05, 3.63) is 35.4 Å². The van der Waals surface area contributed by atoms with Crippen LogP contribution in [0.5, 0.6) is 0 Å². The maximum absolute atomic E-state index is 12.5. The van der Waals surface area contributed by atoms with Crippen molar-refractivity contribution in [2.75, 3.05) is 19.6 Å². The second-order valence-corrected chi connectivity index (χ2v) is 6.06. The van der Waals surface area contributed by atoms with E-state index in [4.69, 9.17) is 5.73 Å². The zero-order valence-electron chi connectivity index (χ0n) is 13.1. The molecule has 23 heavy (non-hydrogen) atoms. The molecule has 1 amide bonds. The van der Waals surface area contributed by atoms with Crippen LogP contribution in [0, 0.1) is 5.92 Å². The first-order valence-electron chi connectivity index (χ1n) is 7.68. The number of likely N-dealkylation sites (tertiary alicyclic amines) is 1. The molecule has 3 N–H and O–H groups in total. The molecule has 0 saturated carbocycles. The fourth-order valence-electron chi connectivity index (χ4n) is 2.60. The lowest BCUT2D eigenvalue weighted by molar-refractivity contribution is -0.137. The lowest BCUT2D eigenvalue weighted by atomic mass is 10.1. The van der Waals surface area contributed by atoms with Crippen LogP contribution in [0.15, 0.2) is 24.3 Å². The highest BCUT2D eigenvalue weighted by Crippen LogP contribution is 2.29. The summed E-state index contributed by atoms with van der Waals surface area (Å²) >= 11 is 0. The van der Waals surface area contributed by atoms with E-state index in [9.17, 15) is 18.0 Å². The van der Waals surface area contributed by atoms with Crippen LogP contribution >= 0.6 is 0 Å². The summed E-state index contributed by atoms with van der Waals surface area (Å²) in [6.07, 6.45) is -3.47. The predicted octanol–water partition coefficient (Wildman–Crippen LogP) is 1.99. The van der Waals surface area contributed by atoms with E-state index < -0.39 is 11.7 Å². The third kappa shape index (κ3) is 4.94. The van der Waals surface area contributed by atoms with Gasteiger partial charge in [0.05, 0.1) is 5.56 Å². The number of amides is 1. The third-order valence-corrected chi connectivity index (χ3v) is 4.11. The Bertz CT molecular complexity index is 530. The predicted molar refractivity (Wildman–Crippen MR) is 81.5 cm³/mol. The second-order valence-electron chi connectivity index (χ2n) is 6.06. The summed E-state index contributed by atoms with van der Waals surface area (Å²) in [5.41, 5.74) is 5.67. The van der Waals surface area contributed by atoms with Crippen molar-refractivity contribution in [1.82, 2.24) is 10.2 Å². The number of benzene rings is 1. The zero-order chi connectivity index (χ0) is 17.0. The topological polar surface area (TPSA) is 58.4 Å². The van der Waals surface area contributed by atoms with Crippen molar-refractivity contribution < 1.29 is 18.0 Å². The number of nitrogens with one attached hydrogen (secondary N) is 1. The number of hydrogen-bond donors (Lipinski definition) is 2. The molecule has 4 nitrogen and oxygen atoms in total. The number of alkyl halides is 3. The Labute approximate surface area is 133 Å². The van der Waals surface area contributed by atoms with Crippen molar-refractivity contribution in [3.8, 4) is 0 Å². The van der Waals surface area contributed by atoms with E-state index in [1.165, 1.54) is 12.1 Å². The average Bonchev–Trinajstić information content (AvgIpc) is 2.93. The maximum Gasteiger partial charge on any atom is 0.416 e. The molecule has 2 unspecified atom stereocenters. The molecule has 1 heterocycles. The number of nitrogens with zero attached hydrogens (tertiary/aromatic N) is 1. The van der Waals surface area contributed by atoms with E-state index in [2.05, 4.69) is 10.2 Å².